The summed E-state index contributed by atoms with van der Waals surface area (Å²) >= 11 is 0. The number of carbonyl (C=O) groups excluding carboxylic acids is 1. The van der Waals surface area contributed by atoms with Crippen molar-refractivity contribution in [2.45, 2.75) is 25.5 Å². The average Bonchev–Trinajstić information content (AvgIpc) is 2.71. The van der Waals surface area contributed by atoms with Gasteiger partial charge in [-0.2, -0.15) is 0 Å². The van der Waals surface area contributed by atoms with Crippen LogP contribution in [-0.2, 0) is 11.3 Å². The van der Waals surface area contributed by atoms with E-state index in [9.17, 15) is 9.59 Å². The fourth-order valence-electron chi connectivity index (χ4n) is 3.20. The number of hydrogen-bond acceptors (Lipinski definition) is 6. The predicted octanol–water partition coefficient (Wildman–Crippen LogP) is 1.26. The third-order valence-corrected chi connectivity index (χ3v) is 4.66. The Morgan fingerprint density at radius 2 is 1.96 bits per heavy atom. The summed E-state index contributed by atoms with van der Waals surface area (Å²) in [5.74, 6) is 0.406. The summed E-state index contributed by atoms with van der Waals surface area (Å²) in [6.07, 6.45) is 7.64. The summed E-state index contributed by atoms with van der Waals surface area (Å²) in [5.41, 5.74) is 0.433. The molecule has 1 amide bonds. The lowest BCUT2D eigenvalue weighted by molar-refractivity contribution is -0.133. The molecule has 0 atom stereocenters. The molecule has 4 rings (SSSR count). The first-order chi connectivity index (χ1) is 13.2. The first-order valence-electron chi connectivity index (χ1n) is 8.85. The number of aromatic nitrogens is 4. The molecule has 1 aromatic carbocycles. The van der Waals surface area contributed by atoms with Gasteiger partial charge in [0.1, 0.15) is 12.6 Å². The molecule has 3 heterocycles. The van der Waals surface area contributed by atoms with Crippen LogP contribution in [0.1, 0.15) is 12.8 Å². The Hall–Kier alpha value is -3.29. The minimum atomic E-state index is -0.199. The molecule has 1 aliphatic heterocycles. The van der Waals surface area contributed by atoms with E-state index in [1.165, 1.54) is 10.9 Å². The number of amides is 1. The van der Waals surface area contributed by atoms with Crippen LogP contribution in [0.4, 0.5) is 0 Å². The number of carbonyl (C=O) groups is 1. The maximum atomic E-state index is 12.6. The van der Waals surface area contributed by atoms with Gasteiger partial charge in [-0.05, 0) is 12.1 Å². The third-order valence-electron chi connectivity index (χ3n) is 4.66. The van der Waals surface area contributed by atoms with Gasteiger partial charge >= 0.3 is 0 Å². The zero-order valence-electron chi connectivity index (χ0n) is 14.7. The Morgan fingerprint density at radius 1 is 1.15 bits per heavy atom. The van der Waals surface area contributed by atoms with Gasteiger partial charge in [-0.1, -0.05) is 12.1 Å². The highest BCUT2D eigenvalue weighted by molar-refractivity contribution is 5.79. The van der Waals surface area contributed by atoms with Crippen LogP contribution in [0, 0.1) is 0 Å². The van der Waals surface area contributed by atoms with Gasteiger partial charge in [-0.25, -0.2) is 9.97 Å². The molecule has 2 aromatic heterocycles. The number of para-hydroxylation sites is 1. The van der Waals surface area contributed by atoms with Gasteiger partial charge in [0, 0.05) is 38.3 Å². The SMILES string of the molecule is O=C(Cn1cnc2ccccc2c1=O)N1CCC(Oc2cnccn2)CC1. The van der Waals surface area contributed by atoms with E-state index in [4.69, 9.17) is 4.74 Å². The highest BCUT2D eigenvalue weighted by atomic mass is 16.5. The normalized spacial score (nSPS) is 15.0. The molecule has 8 heteroatoms. The Balaban J connectivity index is 1.37. The Labute approximate surface area is 155 Å². The Kier molecular flexibility index (Phi) is 4.78. The number of hydrogen-bond donors (Lipinski definition) is 0. The second-order valence-corrected chi connectivity index (χ2v) is 6.44. The minimum Gasteiger partial charge on any atom is -0.473 e. The van der Waals surface area contributed by atoms with Crippen LogP contribution >= 0.6 is 0 Å². The first-order valence-corrected chi connectivity index (χ1v) is 8.85. The van der Waals surface area contributed by atoms with Crippen LogP contribution in [0.5, 0.6) is 5.88 Å². The smallest absolute Gasteiger partial charge is 0.261 e. The summed E-state index contributed by atoms with van der Waals surface area (Å²) in [4.78, 5) is 39.2. The zero-order chi connectivity index (χ0) is 18.6. The standard InChI is InChI=1S/C19H19N5O3/c25-18(12-24-13-22-16-4-2-1-3-15(16)19(24)26)23-9-5-14(6-10-23)27-17-11-20-7-8-21-17/h1-4,7-8,11,13-14H,5-6,9-10,12H2. The van der Waals surface area contributed by atoms with Crippen molar-refractivity contribution >= 4 is 16.8 Å². The molecular weight excluding hydrogens is 346 g/mol. The first kappa shape index (κ1) is 17.1. The van der Waals surface area contributed by atoms with Crippen molar-refractivity contribution in [2.75, 3.05) is 13.1 Å². The van der Waals surface area contributed by atoms with E-state index in [-0.39, 0.29) is 24.1 Å². The van der Waals surface area contributed by atoms with Gasteiger partial charge in [0.05, 0.1) is 23.4 Å². The lowest BCUT2D eigenvalue weighted by atomic mass is 10.1. The van der Waals surface area contributed by atoms with Gasteiger partial charge in [0.2, 0.25) is 11.8 Å². The van der Waals surface area contributed by atoms with Gasteiger partial charge in [0.25, 0.3) is 5.56 Å². The number of nitrogens with zero attached hydrogens (tertiary/aromatic N) is 5. The number of piperidine rings is 1. The second kappa shape index (κ2) is 7.53. The topological polar surface area (TPSA) is 90.2 Å². The van der Waals surface area contributed by atoms with Crippen molar-refractivity contribution in [1.82, 2.24) is 24.4 Å². The van der Waals surface area contributed by atoms with Crippen molar-refractivity contribution in [1.29, 1.82) is 0 Å². The van der Waals surface area contributed by atoms with Gasteiger partial charge < -0.3 is 9.64 Å². The number of benzene rings is 1. The van der Waals surface area contributed by atoms with E-state index in [1.54, 1.807) is 41.7 Å². The van der Waals surface area contributed by atoms with Crippen molar-refractivity contribution in [2.24, 2.45) is 0 Å². The fraction of sp³-hybridized carbons (Fsp3) is 0.316. The number of likely N-dealkylation sites (tertiary alicyclic amines) is 1. The van der Waals surface area contributed by atoms with E-state index in [0.717, 1.165) is 0 Å². The van der Waals surface area contributed by atoms with E-state index in [0.29, 0.717) is 42.7 Å². The lowest BCUT2D eigenvalue weighted by Gasteiger charge is -2.32. The molecule has 8 nitrogen and oxygen atoms in total. The lowest BCUT2D eigenvalue weighted by Crippen LogP contribution is -2.44. The Bertz CT molecular complexity index is 997. The van der Waals surface area contributed by atoms with E-state index in [2.05, 4.69) is 15.0 Å². The van der Waals surface area contributed by atoms with Crippen molar-refractivity contribution in [3.63, 3.8) is 0 Å². The van der Waals surface area contributed by atoms with Crippen LogP contribution in [0.2, 0.25) is 0 Å². The van der Waals surface area contributed by atoms with Crippen LogP contribution in [0.3, 0.4) is 0 Å². The van der Waals surface area contributed by atoms with E-state index >= 15 is 0 Å². The van der Waals surface area contributed by atoms with Crippen LogP contribution in [0.25, 0.3) is 10.9 Å². The molecule has 27 heavy (non-hydrogen) atoms. The summed E-state index contributed by atoms with van der Waals surface area (Å²) < 4.78 is 7.16. The monoisotopic (exact) mass is 365 g/mol. The molecule has 0 unspecified atom stereocenters. The molecule has 0 aliphatic carbocycles. The van der Waals surface area contributed by atoms with Crippen LogP contribution < -0.4 is 10.3 Å². The van der Waals surface area contributed by atoms with Gasteiger partial charge in [0.15, 0.2) is 0 Å². The molecule has 1 fully saturated rings. The largest absolute Gasteiger partial charge is 0.473 e. The third kappa shape index (κ3) is 3.79. The molecule has 1 saturated heterocycles. The molecule has 0 bridgehead atoms. The molecule has 0 saturated carbocycles. The summed E-state index contributed by atoms with van der Waals surface area (Å²) in [6.45, 7) is 1.16. The predicted molar refractivity (Wildman–Crippen MR) is 98.3 cm³/mol. The second-order valence-electron chi connectivity index (χ2n) is 6.44. The highest BCUT2D eigenvalue weighted by Gasteiger charge is 2.24. The zero-order valence-corrected chi connectivity index (χ0v) is 14.7. The number of fused-ring (bicyclic) bond motifs is 1. The summed E-state index contributed by atoms with van der Waals surface area (Å²) in [7, 11) is 0. The summed E-state index contributed by atoms with van der Waals surface area (Å²) in [6, 6.07) is 7.13. The van der Waals surface area contributed by atoms with Gasteiger partial charge in [-0.15, -0.1) is 0 Å². The van der Waals surface area contributed by atoms with Crippen molar-refractivity contribution in [3.05, 3.63) is 59.5 Å². The van der Waals surface area contributed by atoms with Crippen LogP contribution in [0.15, 0.2) is 54.0 Å². The maximum absolute atomic E-state index is 12.6. The van der Waals surface area contributed by atoms with Crippen molar-refractivity contribution < 1.29 is 9.53 Å². The average molecular weight is 365 g/mol. The molecule has 3 aromatic rings. The molecule has 0 N–H and O–H groups in total. The van der Waals surface area contributed by atoms with E-state index < -0.39 is 0 Å². The molecule has 1 aliphatic rings. The quantitative estimate of drug-likeness (QED) is 0.691. The van der Waals surface area contributed by atoms with Crippen LogP contribution in [-0.4, -0.2) is 49.5 Å². The molecular formula is C19H19N5O3. The number of rotatable bonds is 4. The number of ether oxygens (including phenoxy) is 1. The summed E-state index contributed by atoms with van der Waals surface area (Å²) in [5, 5.41) is 0.517. The fourth-order valence-corrected chi connectivity index (χ4v) is 3.20. The highest BCUT2D eigenvalue weighted by Crippen LogP contribution is 2.16. The molecule has 0 spiro atoms. The van der Waals surface area contributed by atoms with E-state index in [1.807, 2.05) is 6.07 Å². The molecule has 0 radical (unpaired) electrons. The maximum Gasteiger partial charge on any atom is 0.261 e. The van der Waals surface area contributed by atoms with Gasteiger partial charge in [-0.3, -0.25) is 19.1 Å². The molecule has 138 valence electrons. The minimum absolute atomic E-state index is 0.00759. The van der Waals surface area contributed by atoms with Crippen molar-refractivity contribution in [3.8, 4) is 5.88 Å². The Morgan fingerprint density at radius 3 is 2.74 bits per heavy atom.